The average molecular weight is 322 g/mol. The minimum Gasteiger partial charge on any atom is -0.506 e. The summed E-state index contributed by atoms with van der Waals surface area (Å²) in [6, 6.07) is 3.36. The highest BCUT2D eigenvalue weighted by Crippen LogP contribution is 2.32. The Labute approximate surface area is 119 Å². The van der Waals surface area contributed by atoms with Crippen LogP contribution < -0.4 is 5.73 Å². The fraction of sp³-hybridized carbons (Fsp3) is 0.333. The van der Waals surface area contributed by atoms with E-state index in [9.17, 15) is 26.7 Å². The van der Waals surface area contributed by atoms with Gasteiger partial charge in [-0.05, 0) is 24.6 Å². The largest absolute Gasteiger partial charge is 0.506 e. The third-order valence-corrected chi connectivity index (χ3v) is 5.03. The van der Waals surface area contributed by atoms with Gasteiger partial charge in [-0.15, -0.1) is 0 Å². The molecule has 116 valence electrons. The molecule has 0 amide bonds. The number of phenolic OH excluding ortho intramolecular Hbond substituents is 1. The lowest BCUT2D eigenvalue weighted by atomic mass is 10.1. The summed E-state index contributed by atoms with van der Waals surface area (Å²) in [7, 11) is -3.94. The molecule has 0 saturated carbocycles. The zero-order valence-electron chi connectivity index (χ0n) is 10.8. The molecule has 0 aromatic heterocycles. The van der Waals surface area contributed by atoms with Gasteiger partial charge in [0.1, 0.15) is 5.75 Å². The van der Waals surface area contributed by atoms with Crippen molar-refractivity contribution >= 4 is 15.7 Å². The van der Waals surface area contributed by atoms with E-state index in [4.69, 9.17) is 5.73 Å². The van der Waals surface area contributed by atoms with E-state index in [1.54, 1.807) is 0 Å². The maximum atomic E-state index is 12.5. The van der Waals surface area contributed by atoms with Gasteiger partial charge >= 0.3 is 6.18 Å². The maximum absolute atomic E-state index is 12.5. The minimum atomic E-state index is -4.43. The molecule has 0 fully saturated rings. The van der Waals surface area contributed by atoms with Crippen LogP contribution >= 0.6 is 0 Å². The number of hydrogen-bond acceptors (Lipinski definition) is 4. The summed E-state index contributed by atoms with van der Waals surface area (Å²) in [5.74, 6) is -0.258. The molecule has 0 bridgehead atoms. The quantitative estimate of drug-likeness (QED) is 0.494. The van der Waals surface area contributed by atoms with E-state index in [2.05, 4.69) is 0 Å². The molecule has 3 N–H and O–H groups in total. The Morgan fingerprint density at radius 1 is 1.29 bits per heavy atom. The van der Waals surface area contributed by atoms with Crippen molar-refractivity contribution in [3.05, 3.63) is 29.8 Å². The van der Waals surface area contributed by atoms with Crippen LogP contribution in [0.2, 0.25) is 0 Å². The molecule has 0 spiro atoms. The first-order valence-corrected chi connectivity index (χ1v) is 7.41. The van der Waals surface area contributed by atoms with Crippen LogP contribution in [0.15, 0.2) is 34.7 Å². The van der Waals surface area contributed by atoms with Gasteiger partial charge in [0, 0.05) is 18.7 Å². The number of alkyl halides is 3. The second kappa shape index (κ2) is 5.23. The number of nitrogens with two attached hydrogens (primary N) is 1. The van der Waals surface area contributed by atoms with Crippen molar-refractivity contribution < 1.29 is 26.7 Å². The number of nitrogen functional groups attached to an aromatic ring is 1. The van der Waals surface area contributed by atoms with Gasteiger partial charge in [-0.2, -0.15) is 17.5 Å². The van der Waals surface area contributed by atoms with Gasteiger partial charge in [-0.25, -0.2) is 8.42 Å². The zero-order valence-corrected chi connectivity index (χ0v) is 11.6. The van der Waals surface area contributed by atoms with Crippen molar-refractivity contribution in [2.24, 2.45) is 0 Å². The lowest BCUT2D eigenvalue weighted by Crippen LogP contribution is -2.36. The van der Waals surface area contributed by atoms with E-state index in [-0.39, 0.29) is 29.4 Å². The summed E-state index contributed by atoms with van der Waals surface area (Å²) in [4.78, 5) is -0.165. The first kappa shape index (κ1) is 15.6. The smallest absolute Gasteiger partial charge is 0.412 e. The van der Waals surface area contributed by atoms with E-state index in [1.807, 2.05) is 0 Å². The van der Waals surface area contributed by atoms with E-state index >= 15 is 0 Å². The van der Waals surface area contributed by atoms with E-state index in [0.717, 1.165) is 28.6 Å². The molecule has 1 aliphatic rings. The Kier molecular flexibility index (Phi) is 3.89. The van der Waals surface area contributed by atoms with Gasteiger partial charge in [0.2, 0.25) is 10.0 Å². The molecule has 1 heterocycles. The zero-order chi connectivity index (χ0) is 15.8. The van der Waals surface area contributed by atoms with Gasteiger partial charge in [0.25, 0.3) is 0 Å². The number of hydrogen-bond donors (Lipinski definition) is 2. The molecule has 2 rings (SSSR count). The summed E-state index contributed by atoms with van der Waals surface area (Å²) in [5, 5.41) is 9.28. The Hall–Kier alpha value is -1.74. The van der Waals surface area contributed by atoms with Crippen LogP contribution in [0.25, 0.3) is 0 Å². The number of benzene rings is 1. The van der Waals surface area contributed by atoms with Crippen molar-refractivity contribution in [3.8, 4) is 5.75 Å². The summed E-state index contributed by atoms with van der Waals surface area (Å²) >= 11 is 0. The Bertz CT molecular complexity index is 683. The third kappa shape index (κ3) is 3.13. The fourth-order valence-electron chi connectivity index (χ4n) is 1.97. The molecule has 0 saturated heterocycles. The molecule has 21 heavy (non-hydrogen) atoms. The van der Waals surface area contributed by atoms with Crippen molar-refractivity contribution in [2.45, 2.75) is 17.5 Å². The lowest BCUT2D eigenvalue weighted by molar-refractivity contribution is -0.0953. The van der Waals surface area contributed by atoms with Crippen molar-refractivity contribution in [1.82, 2.24) is 4.31 Å². The van der Waals surface area contributed by atoms with Crippen LogP contribution in [-0.4, -0.2) is 37.1 Å². The van der Waals surface area contributed by atoms with Crippen LogP contribution in [0.5, 0.6) is 5.75 Å². The molecule has 0 radical (unpaired) electrons. The predicted molar refractivity (Wildman–Crippen MR) is 70.0 cm³/mol. The normalized spacial score (nSPS) is 17.6. The summed E-state index contributed by atoms with van der Waals surface area (Å²) in [5.41, 5.74) is 4.60. The first-order valence-electron chi connectivity index (χ1n) is 5.97. The second-order valence-corrected chi connectivity index (χ2v) is 6.50. The Morgan fingerprint density at radius 3 is 2.43 bits per heavy atom. The predicted octanol–water partition coefficient (Wildman–Crippen LogP) is 1.86. The molecule has 0 aliphatic carbocycles. The van der Waals surface area contributed by atoms with Crippen LogP contribution in [0.1, 0.15) is 6.42 Å². The highest BCUT2D eigenvalue weighted by atomic mass is 32.2. The maximum Gasteiger partial charge on any atom is 0.412 e. The number of phenols is 1. The van der Waals surface area contributed by atoms with Crippen molar-refractivity contribution in [2.75, 3.05) is 18.8 Å². The molecule has 1 aromatic carbocycles. The van der Waals surface area contributed by atoms with Crippen LogP contribution in [0.3, 0.4) is 0 Å². The van der Waals surface area contributed by atoms with Gasteiger partial charge < -0.3 is 10.8 Å². The molecular formula is C12H13F3N2O3S. The van der Waals surface area contributed by atoms with Gasteiger partial charge in [0.15, 0.2) is 0 Å². The molecular weight excluding hydrogens is 309 g/mol. The molecule has 1 aromatic rings. The summed E-state index contributed by atoms with van der Waals surface area (Å²) in [6.45, 7) is -0.605. The van der Waals surface area contributed by atoms with Crippen molar-refractivity contribution in [1.29, 1.82) is 0 Å². The Morgan fingerprint density at radius 2 is 1.95 bits per heavy atom. The highest BCUT2D eigenvalue weighted by molar-refractivity contribution is 7.89. The van der Waals surface area contributed by atoms with E-state index in [1.165, 1.54) is 0 Å². The van der Waals surface area contributed by atoms with E-state index < -0.39 is 28.2 Å². The minimum absolute atomic E-state index is 0.111. The second-order valence-electron chi connectivity index (χ2n) is 4.56. The van der Waals surface area contributed by atoms with Gasteiger partial charge in [-0.1, -0.05) is 6.08 Å². The number of halogens is 3. The molecule has 1 aliphatic heterocycles. The molecule has 0 unspecified atom stereocenters. The first-order chi connectivity index (χ1) is 9.62. The van der Waals surface area contributed by atoms with Crippen molar-refractivity contribution in [3.63, 3.8) is 0 Å². The third-order valence-electron chi connectivity index (χ3n) is 3.17. The Balaban J connectivity index is 2.26. The summed E-state index contributed by atoms with van der Waals surface area (Å²) in [6.07, 6.45) is -3.96. The van der Waals surface area contributed by atoms with Gasteiger partial charge in [-0.3, -0.25) is 0 Å². The van der Waals surface area contributed by atoms with Gasteiger partial charge in [0.05, 0.1) is 10.6 Å². The SMILES string of the molecule is Nc1cc(S(=O)(=O)N2CC=C(C(F)(F)F)CC2)ccc1O. The summed E-state index contributed by atoms with van der Waals surface area (Å²) < 4.78 is 63.0. The number of rotatable bonds is 2. The van der Waals surface area contributed by atoms with Crippen LogP contribution in [0.4, 0.5) is 18.9 Å². The fourth-order valence-corrected chi connectivity index (χ4v) is 3.38. The number of nitrogens with zero attached hydrogens (tertiary/aromatic N) is 1. The lowest BCUT2D eigenvalue weighted by Gasteiger charge is -2.26. The molecule has 9 heteroatoms. The molecule has 0 atom stereocenters. The topological polar surface area (TPSA) is 83.6 Å². The standard InChI is InChI=1S/C12H13F3N2O3S/c13-12(14,15)8-3-5-17(6-4-8)21(19,20)9-1-2-11(18)10(16)7-9/h1-3,7,18H,4-6,16H2. The highest BCUT2D eigenvalue weighted by Gasteiger charge is 2.37. The number of anilines is 1. The van der Waals surface area contributed by atoms with Crippen LogP contribution in [0, 0.1) is 0 Å². The molecule has 5 nitrogen and oxygen atoms in total. The number of sulfonamides is 1. The van der Waals surface area contributed by atoms with E-state index in [0.29, 0.717) is 0 Å². The monoisotopic (exact) mass is 322 g/mol. The average Bonchev–Trinajstić information content (AvgIpc) is 2.41. The number of aromatic hydroxyl groups is 1. The van der Waals surface area contributed by atoms with Crippen LogP contribution in [-0.2, 0) is 10.0 Å².